The average molecular weight is 308 g/mol. The molecule has 0 saturated heterocycles. The van der Waals surface area contributed by atoms with Crippen LogP contribution in [0.5, 0.6) is 0 Å². The number of aromatic amines is 1. The van der Waals surface area contributed by atoms with Gasteiger partial charge in [-0.15, -0.1) is 0 Å². The zero-order valence-corrected chi connectivity index (χ0v) is 13.0. The van der Waals surface area contributed by atoms with Crippen LogP contribution in [0.25, 0.3) is 10.9 Å². The normalized spacial score (nSPS) is 13.7. The van der Waals surface area contributed by atoms with Gasteiger partial charge in [0, 0.05) is 17.1 Å². The lowest BCUT2D eigenvalue weighted by Crippen LogP contribution is -2.37. The highest BCUT2D eigenvalue weighted by Crippen LogP contribution is 2.19. The van der Waals surface area contributed by atoms with E-state index in [9.17, 15) is 9.90 Å². The van der Waals surface area contributed by atoms with Gasteiger partial charge in [-0.25, -0.2) is 0 Å². The van der Waals surface area contributed by atoms with Crippen LogP contribution in [0.4, 0.5) is 0 Å². The molecule has 1 heterocycles. The number of hydrogen-bond acceptors (Lipinski definition) is 2. The molecule has 23 heavy (non-hydrogen) atoms. The summed E-state index contributed by atoms with van der Waals surface area (Å²) in [5, 5.41) is 14.2. The van der Waals surface area contributed by atoms with Crippen LogP contribution >= 0.6 is 0 Å². The number of carbonyl (C=O) groups is 1. The Labute approximate surface area is 135 Å². The Morgan fingerprint density at radius 2 is 1.83 bits per heavy atom. The van der Waals surface area contributed by atoms with Crippen molar-refractivity contribution in [2.45, 2.75) is 25.5 Å². The van der Waals surface area contributed by atoms with Crippen molar-refractivity contribution in [2.24, 2.45) is 0 Å². The van der Waals surface area contributed by atoms with Gasteiger partial charge in [-0.1, -0.05) is 48.5 Å². The van der Waals surface area contributed by atoms with Gasteiger partial charge in [-0.05, 0) is 24.1 Å². The molecule has 3 rings (SSSR count). The number of aromatic nitrogens is 1. The van der Waals surface area contributed by atoms with Gasteiger partial charge < -0.3 is 15.4 Å². The van der Waals surface area contributed by atoms with Crippen molar-refractivity contribution in [2.75, 3.05) is 0 Å². The second-order valence-electron chi connectivity index (χ2n) is 5.75. The second-order valence-corrected chi connectivity index (χ2v) is 5.75. The fourth-order valence-corrected chi connectivity index (χ4v) is 2.77. The molecule has 0 fully saturated rings. The molecule has 0 spiro atoms. The number of H-pyrrole nitrogens is 1. The van der Waals surface area contributed by atoms with E-state index in [-0.39, 0.29) is 18.4 Å². The summed E-state index contributed by atoms with van der Waals surface area (Å²) in [6.45, 7) is 1.81. The van der Waals surface area contributed by atoms with E-state index in [1.54, 1.807) is 0 Å². The molecule has 3 N–H and O–H groups in total. The molecule has 0 radical (unpaired) electrons. The third kappa shape index (κ3) is 3.43. The Balaban J connectivity index is 1.65. The molecule has 2 aromatic carbocycles. The summed E-state index contributed by atoms with van der Waals surface area (Å²) in [5.74, 6) is -0.0998. The fraction of sp³-hybridized carbons (Fsp3) is 0.211. The number of aliphatic hydroxyl groups is 1. The minimum absolute atomic E-state index is 0.0998. The lowest BCUT2D eigenvalue weighted by atomic mass is 10.0. The minimum Gasteiger partial charge on any atom is -0.386 e. The van der Waals surface area contributed by atoms with Crippen molar-refractivity contribution in [3.63, 3.8) is 0 Å². The van der Waals surface area contributed by atoms with Gasteiger partial charge in [-0.2, -0.15) is 0 Å². The van der Waals surface area contributed by atoms with Crippen molar-refractivity contribution in [3.05, 3.63) is 71.9 Å². The first kappa shape index (κ1) is 15.3. The first-order chi connectivity index (χ1) is 11.1. The molecular formula is C19H20N2O2. The van der Waals surface area contributed by atoms with Crippen LogP contribution in [0.2, 0.25) is 0 Å². The molecule has 0 bridgehead atoms. The number of aliphatic hydroxyl groups excluding tert-OH is 1. The highest BCUT2D eigenvalue weighted by Gasteiger charge is 2.18. The number of rotatable bonds is 5. The number of fused-ring (bicyclic) bond motifs is 1. The monoisotopic (exact) mass is 308 g/mol. The zero-order chi connectivity index (χ0) is 16.2. The first-order valence-corrected chi connectivity index (χ1v) is 7.72. The lowest BCUT2D eigenvalue weighted by molar-refractivity contribution is -0.121. The van der Waals surface area contributed by atoms with Crippen LogP contribution in [0.1, 0.15) is 24.2 Å². The largest absolute Gasteiger partial charge is 0.386 e. The van der Waals surface area contributed by atoms with E-state index >= 15 is 0 Å². The van der Waals surface area contributed by atoms with Crippen molar-refractivity contribution in [1.29, 1.82) is 0 Å². The van der Waals surface area contributed by atoms with E-state index in [1.807, 2.05) is 67.7 Å². The summed E-state index contributed by atoms with van der Waals surface area (Å²) >= 11 is 0. The average Bonchev–Trinajstić information content (AvgIpc) is 2.98. The second kappa shape index (κ2) is 6.67. The fourth-order valence-electron chi connectivity index (χ4n) is 2.77. The van der Waals surface area contributed by atoms with Crippen molar-refractivity contribution in [3.8, 4) is 0 Å². The van der Waals surface area contributed by atoms with Gasteiger partial charge >= 0.3 is 0 Å². The summed E-state index contributed by atoms with van der Waals surface area (Å²) < 4.78 is 0. The maximum atomic E-state index is 12.3. The SMILES string of the molecule is C[C@@H](NC(=O)Cc1c[nH]c2ccccc12)[C@@H](O)c1ccccc1. The Bertz CT molecular complexity index is 795. The summed E-state index contributed by atoms with van der Waals surface area (Å²) in [7, 11) is 0. The van der Waals surface area contributed by atoms with Crippen LogP contribution in [0.15, 0.2) is 60.8 Å². The van der Waals surface area contributed by atoms with Gasteiger partial charge in [0.25, 0.3) is 0 Å². The molecule has 0 saturated carbocycles. The van der Waals surface area contributed by atoms with Crippen molar-refractivity contribution in [1.82, 2.24) is 10.3 Å². The standard InChI is InChI=1S/C19H20N2O2/c1-13(19(23)14-7-3-2-4-8-14)21-18(22)11-15-12-20-17-10-6-5-9-16(15)17/h2-10,12-13,19-20,23H,11H2,1H3,(H,21,22)/t13-,19-/m1/s1. The molecule has 1 amide bonds. The molecule has 118 valence electrons. The highest BCUT2D eigenvalue weighted by atomic mass is 16.3. The van der Waals surface area contributed by atoms with Gasteiger partial charge in [0.05, 0.1) is 18.6 Å². The Hall–Kier alpha value is -2.59. The van der Waals surface area contributed by atoms with E-state index in [0.29, 0.717) is 0 Å². The van der Waals surface area contributed by atoms with Crippen LogP contribution in [-0.4, -0.2) is 22.0 Å². The van der Waals surface area contributed by atoms with Crippen LogP contribution in [0.3, 0.4) is 0 Å². The summed E-state index contributed by atoms with van der Waals surface area (Å²) in [6, 6.07) is 16.9. The quantitative estimate of drug-likeness (QED) is 0.678. The highest BCUT2D eigenvalue weighted by molar-refractivity contribution is 5.88. The molecule has 0 unspecified atom stereocenters. The maximum Gasteiger partial charge on any atom is 0.224 e. The topological polar surface area (TPSA) is 65.1 Å². The summed E-state index contributed by atoms with van der Waals surface area (Å²) in [6.07, 6.45) is 1.43. The molecule has 0 aliphatic heterocycles. The van der Waals surface area contributed by atoms with E-state index in [4.69, 9.17) is 0 Å². The minimum atomic E-state index is -0.719. The molecular weight excluding hydrogens is 288 g/mol. The molecule has 3 aromatic rings. The van der Waals surface area contributed by atoms with Gasteiger partial charge in [-0.3, -0.25) is 4.79 Å². The van der Waals surface area contributed by atoms with Gasteiger partial charge in [0.2, 0.25) is 5.91 Å². The summed E-state index contributed by atoms with van der Waals surface area (Å²) in [4.78, 5) is 15.4. The molecule has 2 atom stereocenters. The van der Waals surface area contributed by atoms with Crippen molar-refractivity contribution >= 4 is 16.8 Å². The van der Waals surface area contributed by atoms with Crippen LogP contribution in [-0.2, 0) is 11.2 Å². The smallest absolute Gasteiger partial charge is 0.224 e. The first-order valence-electron chi connectivity index (χ1n) is 7.72. The van der Waals surface area contributed by atoms with E-state index in [0.717, 1.165) is 22.0 Å². The predicted molar refractivity (Wildman–Crippen MR) is 91.0 cm³/mol. The zero-order valence-electron chi connectivity index (χ0n) is 13.0. The van der Waals surface area contributed by atoms with Gasteiger partial charge in [0.1, 0.15) is 0 Å². The number of para-hydroxylation sites is 1. The number of amides is 1. The Kier molecular flexibility index (Phi) is 4.44. The third-order valence-electron chi connectivity index (χ3n) is 4.03. The maximum absolute atomic E-state index is 12.3. The molecule has 0 aliphatic carbocycles. The van der Waals surface area contributed by atoms with Crippen molar-refractivity contribution < 1.29 is 9.90 Å². The Morgan fingerprint density at radius 3 is 2.61 bits per heavy atom. The number of nitrogens with one attached hydrogen (secondary N) is 2. The lowest BCUT2D eigenvalue weighted by Gasteiger charge is -2.20. The van der Waals surface area contributed by atoms with Gasteiger partial charge in [0.15, 0.2) is 0 Å². The molecule has 4 nitrogen and oxygen atoms in total. The van der Waals surface area contributed by atoms with E-state index in [2.05, 4.69) is 10.3 Å². The molecule has 1 aromatic heterocycles. The Morgan fingerprint density at radius 1 is 1.13 bits per heavy atom. The van der Waals surface area contributed by atoms with E-state index < -0.39 is 6.10 Å². The predicted octanol–water partition coefficient (Wildman–Crippen LogP) is 2.95. The number of benzene rings is 2. The molecule has 0 aliphatic rings. The summed E-state index contributed by atoms with van der Waals surface area (Å²) in [5.41, 5.74) is 2.78. The molecule has 4 heteroatoms. The van der Waals surface area contributed by atoms with E-state index in [1.165, 1.54) is 0 Å². The third-order valence-corrected chi connectivity index (χ3v) is 4.03. The number of hydrogen-bond donors (Lipinski definition) is 3. The van der Waals surface area contributed by atoms with Crippen LogP contribution < -0.4 is 5.32 Å². The number of carbonyl (C=O) groups excluding carboxylic acids is 1. The van der Waals surface area contributed by atoms with Crippen LogP contribution in [0, 0.1) is 0 Å².